The summed E-state index contributed by atoms with van der Waals surface area (Å²) in [6.45, 7) is 2.98. The van der Waals surface area contributed by atoms with Gasteiger partial charge in [0.1, 0.15) is 24.2 Å². The van der Waals surface area contributed by atoms with E-state index >= 15 is 0 Å². The summed E-state index contributed by atoms with van der Waals surface area (Å²) >= 11 is 0. The molecule has 0 unspecified atom stereocenters. The van der Waals surface area contributed by atoms with Crippen LogP contribution in [0.2, 0.25) is 0 Å². The number of amides is 5. The molecule has 0 spiro atoms. The average molecular weight is 575 g/mol. The van der Waals surface area contributed by atoms with Crippen molar-refractivity contribution in [2.45, 2.75) is 63.7 Å². The van der Waals surface area contributed by atoms with Crippen molar-refractivity contribution < 1.29 is 33.9 Å². The third kappa shape index (κ3) is 11.1. The van der Waals surface area contributed by atoms with E-state index in [-0.39, 0.29) is 25.3 Å². The molecule has 5 amide bonds. The number of guanidine groups is 1. The van der Waals surface area contributed by atoms with Gasteiger partial charge in [0.15, 0.2) is 5.96 Å². The number of benzene rings is 1. The van der Waals surface area contributed by atoms with Gasteiger partial charge in [0.2, 0.25) is 29.5 Å². The number of carbonyl (C=O) groups is 6. The minimum absolute atomic E-state index is 0.0199. The first-order valence-corrected chi connectivity index (χ1v) is 13.2. The third-order valence-electron chi connectivity index (χ3n) is 6.19. The molecule has 1 aromatic rings. The van der Waals surface area contributed by atoms with Crippen LogP contribution in [0.5, 0.6) is 0 Å². The Bertz CT molecular complexity index is 1140. The van der Waals surface area contributed by atoms with Crippen LogP contribution in [-0.4, -0.2) is 83.8 Å². The Balaban J connectivity index is 2.43. The standard InChI is InChI=1S/C26H38N8O7/c1-14(2)21-25(41)32-16(9-6-10-29-26(27)28)22(38)30-13-19(35)31-18(12-20(36)37)23(39)33-17(24(40)34-21)11-15-7-4-3-5-8-15/h3-5,7-8,14,16-18,21H,6,9-13H2,1-2H3,(H,30,38)(H,31,35)(H,32,41)(H,33,39)(H,34,40)(H,36,37)(H4,27,28,29)/t16-,17+,18+,21+/m0/s1. The highest BCUT2D eigenvalue weighted by molar-refractivity contribution is 5.98. The summed E-state index contributed by atoms with van der Waals surface area (Å²) in [5.41, 5.74) is 11.4. The molecule has 1 heterocycles. The predicted molar refractivity (Wildman–Crippen MR) is 148 cm³/mol. The second kappa shape index (κ2) is 15.8. The van der Waals surface area contributed by atoms with Crippen LogP contribution in [-0.2, 0) is 35.2 Å². The zero-order chi connectivity index (χ0) is 30.5. The Morgan fingerprint density at radius 3 is 2.15 bits per heavy atom. The highest BCUT2D eigenvalue weighted by atomic mass is 16.4. The molecule has 0 bridgehead atoms. The van der Waals surface area contributed by atoms with Crippen LogP contribution >= 0.6 is 0 Å². The SMILES string of the molecule is CC(C)[C@H]1NC(=O)[C@@H](Cc2ccccc2)NC(=O)[C@@H](CC(=O)O)NC(=O)CNC(=O)[C@H](CCCN=C(N)N)NC1=O. The van der Waals surface area contributed by atoms with Gasteiger partial charge in [-0.15, -0.1) is 0 Å². The summed E-state index contributed by atoms with van der Waals surface area (Å²) < 4.78 is 0. The van der Waals surface area contributed by atoms with Crippen molar-refractivity contribution >= 4 is 41.5 Å². The van der Waals surface area contributed by atoms with E-state index in [0.29, 0.717) is 12.0 Å². The summed E-state index contributed by atoms with van der Waals surface area (Å²) in [5.74, 6) is -5.75. The van der Waals surface area contributed by atoms with Gasteiger partial charge in [-0.2, -0.15) is 0 Å². The molecular formula is C26H38N8O7. The second-order valence-electron chi connectivity index (χ2n) is 9.93. The second-order valence-corrected chi connectivity index (χ2v) is 9.93. The molecule has 15 heteroatoms. The van der Waals surface area contributed by atoms with Gasteiger partial charge in [-0.1, -0.05) is 44.2 Å². The molecule has 41 heavy (non-hydrogen) atoms. The fraction of sp³-hybridized carbons (Fsp3) is 0.500. The van der Waals surface area contributed by atoms with Gasteiger partial charge in [0, 0.05) is 13.0 Å². The smallest absolute Gasteiger partial charge is 0.305 e. The largest absolute Gasteiger partial charge is 0.481 e. The molecule has 0 aromatic heterocycles. The van der Waals surface area contributed by atoms with Crippen LogP contribution in [0.25, 0.3) is 0 Å². The van der Waals surface area contributed by atoms with Crippen molar-refractivity contribution in [3.05, 3.63) is 35.9 Å². The number of nitrogens with one attached hydrogen (secondary N) is 5. The Labute approximate surface area is 237 Å². The molecular weight excluding hydrogens is 536 g/mol. The van der Waals surface area contributed by atoms with Crippen molar-refractivity contribution in [1.29, 1.82) is 0 Å². The van der Waals surface area contributed by atoms with Gasteiger partial charge >= 0.3 is 5.97 Å². The first-order valence-electron chi connectivity index (χ1n) is 13.2. The van der Waals surface area contributed by atoms with Crippen LogP contribution in [0.1, 0.15) is 38.7 Å². The fourth-order valence-electron chi connectivity index (χ4n) is 4.07. The van der Waals surface area contributed by atoms with Gasteiger partial charge in [-0.05, 0) is 24.3 Å². The summed E-state index contributed by atoms with van der Waals surface area (Å²) in [6, 6.07) is 3.79. The minimum atomic E-state index is -1.54. The lowest BCUT2D eigenvalue weighted by Gasteiger charge is -2.27. The first kappa shape index (κ1) is 32.5. The molecule has 224 valence electrons. The number of hydrogen-bond acceptors (Lipinski definition) is 7. The highest BCUT2D eigenvalue weighted by Gasteiger charge is 2.34. The maximum atomic E-state index is 13.4. The lowest BCUT2D eigenvalue weighted by molar-refractivity contribution is -0.141. The minimum Gasteiger partial charge on any atom is -0.481 e. The Morgan fingerprint density at radius 1 is 0.902 bits per heavy atom. The number of aliphatic imine (C=N–C) groups is 1. The van der Waals surface area contributed by atoms with Gasteiger partial charge < -0.3 is 43.2 Å². The van der Waals surface area contributed by atoms with E-state index in [4.69, 9.17) is 11.5 Å². The quantitative estimate of drug-likeness (QED) is 0.0879. The Morgan fingerprint density at radius 2 is 1.54 bits per heavy atom. The predicted octanol–water partition coefficient (Wildman–Crippen LogP) is -2.52. The molecule has 1 aliphatic heterocycles. The number of carboxylic acids is 1. The van der Waals surface area contributed by atoms with Gasteiger partial charge in [0.05, 0.1) is 13.0 Å². The first-order chi connectivity index (χ1) is 19.4. The molecule has 2 rings (SSSR count). The van der Waals surface area contributed by atoms with Crippen molar-refractivity contribution in [3.8, 4) is 0 Å². The van der Waals surface area contributed by atoms with Gasteiger partial charge in [-0.25, -0.2) is 0 Å². The summed E-state index contributed by atoms with van der Waals surface area (Å²) in [5, 5.41) is 21.8. The molecule has 1 fully saturated rings. The molecule has 1 saturated heterocycles. The monoisotopic (exact) mass is 574 g/mol. The van der Waals surface area contributed by atoms with E-state index in [9.17, 15) is 33.9 Å². The van der Waals surface area contributed by atoms with E-state index in [1.165, 1.54) is 0 Å². The zero-order valence-electron chi connectivity index (χ0n) is 23.0. The normalized spacial score (nSPS) is 22.7. The van der Waals surface area contributed by atoms with Crippen molar-refractivity contribution in [2.75, 3.05) is 13.1 Å². The number of hydrogen-bond donors (Lipinski definition) is 8. The maximum absolute atomic E-state index is 13.4. The number of nitrogens with two attached hydrogens (primary N) is 2. The molecule has 4 atom stereocenters. The lowest BCUT2D eigenvalue weighted by atomic mass is 10.00. The Hall–Kier alpha value is -4.69. The fourth-order valence-corrected chi connectivity index (χ4v) is 4.07. The summed E-state index contributed by atoms with van der Waals surface area (Å²) in [7, 11) is 0. The summed E-state index contributed by atoms with van der Waals surface area (Å²) in [6.07, 6.45) is -0.341. The van der Waals surface area contributed by atoms with E-state index in [0.717, 1.165) is 0 Å². The van der Waals surface area contributed by atoms with Crippen LogP contribution in [0.4, 0.5) is 0 Å². The van der Waals surface area contributed by atoms with Crippen LogP contribution in [0.15, 0.2) is 35.3 Å². The number of aliphatic carboxylic acids is 1. The van der Waals surface area contributed by atoms with Crippen molar-refractivity contribution in [2.24, 2.45) is 22.4 Å². The third-order valence-corrected chi connectivity index (χ3v) is 6.19. The average Bonchev–Trinajstić information content (AvgIpc) is 2.90. The number of carboxylic acid groups (broad SMARTS) is 1. The molecule has 0 radical (unpaired) electrons. The molecule has 0 aliphatic carbocycles. The summed E-state index contributed by atoms with van der Waals surface area (Å²) in [4.78, 5) is 80.7. The van der Waals surface area contributed by atoms with E-state index in [1.54, 1.807) is 44.2 Å². The van der Waals surface area contributed by atoms with Crippen molar-refractivity contribution in [1.82, 2.24) is 26.6 Å². The molecule has 10 N–H and O–H groups in total. The van der Waals surface area contributed by atoms with Crippen LogP contribution in [0, 0.1) is 5.92 Å². The van der Waals surface area contributed by atoms with Gasteiger partial charge in [-0.3, -0.25) is 33.8 Å². The highest BCUT2D eigenvalue weighted by Crippen LogP contribution is 2.09. The van der Waals surface area contributed by atoms with Gasteiger partial charge in [0.25, 0.3) is 0 Å². The zero-order valence-corrected chi connectivity index (χ0v) is 23.0. The number of rotatable bonds is 9. The molecule has 0 saturated carbocycles. The van der Waals surface area contributed by atoms with E-state index in [2.05, 4.69) is 31.6 Å². The van der Waals surface area contributed by atoms with E-state index < -0.39 is 78.6 Å². The van der Waals surface area contributed by atoms with Crippen LogP contribution in [0.3, 0.4) is 0 Å². The van der Waals surface area contributed by atoms with Crippen LogP contribution < -0.4 is 38.1 Å². The van der Waals surface area contributed by atoms with Crippen molar-refractivity contribution in [3.63, 3.8) is 0 Å². The Kier molecular flexibility index (Phi) is 12.5. The van der Waals surface area contributed by atoms with E-state index in [1.807, 2.05) is 0 Å². The molecule has 15 nitrogen and oxygen atoms in total. The number of carbonyl (C=O) groups excluding carboxylic acids is 5. The maximum Gasteiger partial charge on any atom is 0.305 e. The lowest BCUT2D eigenvalue weighted by Crippen LogP contribution is -2.59. The molecule has 1 aromatic carbocycles. The topological polar surface area (TPSA) is 247 Å². The number of nitrogens with zero attached hydrogens (tertiary/aromatic N) is 1. The molecule has 1 aliphatic rings.